The molecule has 10 heteroatoms. The van der Waals surface area contributed by atoms with Crippen molar-refractivity contribution in [3.63, 3.8) is 0 Å². The number of anilines is 1. The smallest absolute Gasteiger partial charge is 0.265 e. The molecule has 8 nitrogen and oxygen atoms in total. The molecule has 0 atom stereocenters. The van der Waals surface area contributed by atoms with E-state index in [2.05, 4.69) is 10.3 Å². The SMILES string of the molecule is CN=C(NCCCN1C(=O)COc2ccccc21)N1CCS(=O)(=O)C(C)(C)C1.I. The van der Waals surface area contributed by atoms with E-state index in [1.54, 1.807) is 25.8 Å². The molecule has 0 unspecified atom stereocenters. The fourth-order valence-corrected chi connectivity index (χ4v) is 4.86. The van der Waals surface area contributed by atoms with Crippen LogP contribution in [0.3, 0.4) is 0 Å². The Morgan fingerprint density at radius 3 is 2.72 bits per heavy atom. The molecule has 1 N–H and O–H groups in total. The molecule has 2 aliphatic rings. The zero-order valence-electron chi connectivity index (χ0n) is 17.1. The van der Waals surface area contributed by atoms with Gasteiger partial charge in [-0.3, -0.25) is 9.79 Å². The molecule has 1 aromatic rings. The summed E-state index contributed by atoms with van der Waals surface area (Å²) in [6.07, 6.45) is 0.731. The number of aliphatic imine (C=N–C) groups is 1. The Bertz CT molecular complexity index is 873. The largest absolute Gasteiger partial charge is 0.482 e. The van der Waals surface area contributed by atoms with Gasteiger partial charge >= 0.3 is 0 Å². The van der Waals surface area contributed by atoms with E-state index >= 15 is 0 Å². The summed E-state index contributed by atoms with van der Waals surface area (Å²) in [5.74, 6) is 1.49. The number of rotatable bonds is 4. The van der Waals surface area contributed by atoms with Crippen molar-refractivity contribution in [1.29, 1.82) is 0 Å². The molecule has 2 aliphatic heterocycles. The van der Waals surface area contributed by atoms with Crippen molar-refractivity contribution in [2.45, 2.75) is 25.0 Å². The van der Waals surface area contributed by atoms with Crippen molar-refractivity contribution in [3.8, 4) is 5.75 Å². The number of nitrogens with one attached hydrogen (secondary N) is 1. The molecule has 1 saturated heterocycles. The van der Waals surface area contributed by atoms with Crippen LogP contribution >= 0.6 is 24.0 Å². The number of amides is 1. The van der Waals surface area contributed by atoms with Gasteiger partial charge in [0.1, 0.15) is 5.75 Å². The summed E-state index contributed by atoms with van der Waals surface area (Å²) >= 11 is 0. The number of nitrogens with zero attached hydrogens (tertiary/aromatic N) is 3. The summed E-state index contributed by atoms with van der Waals surface area (Å²) in [7, 11) is -1.40. The first-order valence-electron chi connectivity index (χ1n) is 9.45. The molecule has 0 aliphatic carbocycles. The van der Waals surface area contributed by atoms with Gasteiger partial charge in [-0.15, -0.1) is 24.0 Å². The summed E-state index contributed by atoms with van der Waals surface area (Å²) in [5.41, 5.74) is 0.797. The lowest BCUT2D eigenvalue weighted by molar-refractivity contribution is -0.121. The minimum atomic E-state index is -3.09. The highest BCUT2D eigenvalue weighted by Gasteiger charge is 2.40. The van der Waals surface area contributed by atoms with Crippen LogP contribution in [-0.4, -0.2) is 75.5 Å². The number of hydrogen-bond acceptors (Lipinski definition) is 5. The lowest BCUT2D eigenvalue weighted by atomic mass is 10.2. The number of carbonyl (C=O) groups excluding carboxylic acids is 1. The van der Waals surface area contributed by atoms with Gasteiger partial charge in [-0.1, -0.05) is 12.1 Å². The van der Waals surface area contributed by atoms with Crippen LogP contribution < -0.4 is 15.0 Å². The summed E-state index contributed by atoms with van der Waals surface area (Å²) in [5, 5.41) is 3.29. The molecule has 0 saturated carbocycles. The fourth-order valence-electron chi connectivity index (χ4n) is 3.49. The summed E-state index contributed by atoms with van der Waals surface area (Å²) in [6, 6.07) is 7.52. The lowest BCUT2D eigenvalue weighted by Gasteiger charge is -2.39. The van der Waals surface area contributed by atoms with Crippen LogP contribution in [-0.2, 0) is 14.6 Å². The van der Waals surface area contributed by atoms with Crippen LogP contribution in [0.15, 0.2) is 29.3 Å². The minimum absolute atomic E-state index is 0. The van der Waals surface area contributed by atoms with Crippen molar-refractivity contribution in [2.24, 2.45) is 4.99 Å². The lowest BCUT2D eigenvalue weighted by Crippen LogP contribution is -2.57. The van der Waals surface area contributed by atoms with Gasteiger partial charge in [0.15, 0.2) is 22.4 Å². The molecule has 0 bridgehead atoms. The van der Waals surface area contributed by atoms with Gasteiger partial charge < -0.3 is 19.9 Å². The number of guanidine groups is 1. The van der Waals surface area contributed by atoms with Crippen molar-refractivity contribution in [3.05, 3.63) is 24.3 Å². The normalized spacial score (nSPS) is 20.4. The van der Waals surface area contributed by atoms with Gasteiger partial charge in [0.25, 0.3) is 5.91 Å². The molecule has 0 radical (unpaired) electrons. The van der Waals surface area contributed by atoms with Crippen molar-refractivity contribution in [1.82, 2.24) is 10.2 Å². The topological polar surface area (TPSA) is 91.3 Å². The monoisotopic (exact) mass is 536 g/mol. The van der Waals surface area contributed by atoms with Crippen LogP contribution in [0.1, 0.15) is 20.3 Å². The summed E-state index contributed by atoms with van der Waals surface area (Å²) in [6.45, 7) is 5.60. The molecule has 162 valence electrons. The number of para-hydroxylation sites is 2. The number of sulfone groups is 1. The highest BCUT2D eigenvalue weighted by atomic mass is 127. The number of hydrogen-bond donors (Lipinski definition) is 1. The second-order valence-electron chi connectivity index (χ2n) is 7.63. The number of fused-ring (bicyclic) bond motifs is 1. The van der Waals surface area contributed by atoms with Crippen LogP contribution in [0.2, 0.25) is 0 Å². The maximum atomic E-state index is 12.2. The molecule has 1 fully saturated rings. The second-order valence-corrected chi connectivity index (χ2v) is 10.4. The molecular weight excluding hydrogens is 507 g/mol. The third-order valence-corrected chi connectivity index (χ3v) is 7.74. The summed E-state index contributed by atoms with van der Waals surface area (Å²) < 4.78 is 29.0. The third-order valence-electron chi connectivity index (χ3n) is 5.20. The van der Waals surface area contributed by atoms with Crippen LogP contribution in [0, 0.1) is 0 Å². The summed E-state index contributed by atoms with van der Waals surface area (Å²) in [4.78, 5) is 20.2. The van der Waals surface area contributed by atoms with E-state index in [4.69, 9.17) is 4.74 Å². The number of halogens is 1. The minimum Gasteiger partial charge on any atom is -0.482 e. The standard InChI is InChI=1S/C19H28N4O4S.HI/c1-19(2)14-22(11-12-28(19,25)26)18(20-3)21-9-6-10-23-15-7-4-5-8-16(15)27-13-17(23)24;/h4-5,7-8H,6,9-14H2,1-3H3,(H,20,21);1H. The highest BCUT2D eigenvalue weighted by molar-refractivity contribution is 14.0. The Labute approximate surface area is 189 Å². The molecule has 0 spiro atoms. The van der Waals surface area contributed by atoms with Gasteiger partial charge in [0.05, 0.1) is 16.2 Å². The Kier molecular flexibility index (Phi) is 7.77. The predicted molar refractivity (Wildman–Crippen MR) is 125 cm³/mol. The quantitative estimate of drug-likeness (QED) is 0.272. The Morgan fingerprint density at radius 1 is 1.31 bits per heavy atom. The Morgan fingerprint density at radius 2 is 2.03 bits per heavy atom. The van der Waals surface area contributed by atoms with Crippen LogP contribution in [0.4, 0.5) is 5.69 Å². The molecule has 0 aromatic heterocycles. The Balaban J connectivity index is 0.00000300. The van der Waals surface area contributed by atoms with Crippen molar-refractivity contribution < 1.29 is 17.9 Å². The molecule has 3 rings (SSSR count). The number of benzene rings is 1. The molecule has 29 heavy (non-hydrogen) atoms. The van der Waals surface area contributed by atoms with E-state index in [0.29, 0.717) is 32.1 Å². The first-order valence-corrected chi connectivity index (χ1v) is 11.1. The van der Waals surface area contributed by atoms with E-state index < -0.39 is 14.6 Å². The van der Waals surface area contributed by atoms with E-state index in [1.165, 1.54) is 0 Å². The van der Waals surface area contributed by atoms with E-state index in [9.17, 15) is 13.2 Å². The predicted octanol–water partition coefficient (Wildman–Crippen LogP) is 1.50. The molecule has 2 heterocycles. The van der Waals surface area contributed by atoms with Gasteiger partial charge in [-0.2, -0.15) is 0 Å². The number of ether oxygens (including phenoxy) is 1. The number of carbonyl (C=O) groups is 1. The van der Waals surface area contributed by atoms with Crippen LogP contribution in [0.25, 0.3) is 0 Å². The average molecular weight is 536 g/mol. The first-order chi connectivity index (χ1) is 13.2. The molecular formula is C19H29IN4O4S. The Hall–Kier alpha value is -1.56. The highest BCUT2D eigenvalue weighted by Crippen LogP contribution is 2.31. The van der Waals surface area contributed by atoms with E-state index in [0.717, 1.165) is 17.9 Å². The van der Waals surface area contributed by atoms with Crippen molar-refractivity contribution >= 4 is 51.4 Å². The molecule has 1 amide bonds. The van der Waals surface area contributed by atoms with Crippen molar-refractivity contribution in [2.75, 3.05) is 50.5 Å². The van der Waals surface area contributed by atoms with Gasteiger partial charge in [-0.05, 0) is 32.4 Å². The zero-order valence-corrected chi connectivity index (χ0v) is 20.2. The van der Waals surface area contributed by atoms with Gasteiger partial charge in [-0.25, -0.2) is 8.42 Å². The van der Waals surface area contributed by atoms with E-state index in [1.807, 2.05) is 29.2 Å². The average Bonchev–Trinajstić information content (AvgIpc) is 2.66. The van der Waals surface area contributed by atoms with Gasteiger partial charge in [0, 0.05) is 33.2 Å². The maximum absolute atomic E-state index is 12.2. The zero-order chi connectivity index (χ0) is 20.4. The first kappa shape index (κ1) is 23.7. The molecule has 1 aromatic carbocycles. The third kappa shape index (κ3) is 5.14. The fraction of sp³-hybridized carbons (Fsp3) is 0.579. The van der Waals surface area contributed by atoms with Gasteiger partial charge in [0.2, 0.25) is 0 Å². The maximum Gasteiger partial charge on any atom is 0.265 e. The second kappa shape index (κ2) is 9.50. The van der Waals surface area contributed by atoms with E-state index in [-0.39, 0.29) is 42.2 Å². The van der Waals surface area contributed by atoms with Crippen LogP contribution in [0.5, 0.6) is 5.75 Å².